The van der Waals surface area contributed by atoms with Crippen molar-refractivity contribution in [3.05, 3.63) is 29.3 Å². The van der Waals surface area contributed by atoms with Crippen molar-refractivity contribution in [3.8, 4) is 5.75 Å². The van der Waals surface area contributed by atoms with Gasteiger partial charge in [0.2, 0.25) is 0 Å². The average Bonchev–Trinajstić information content (AvgIpc) is 2.38. The van der Waals surface area contributed by atoms with Gasteiger partial charge in [-0.15, -0.1) is 0 Å². The predicted octanol–water partition coefficient (Wildman–Crippen LogP) is 4.55. The molecular formula is C16H24O2. The second kappa shape index (κ2) is 7.91. The van der Waals surface area contributed by atoms with Gasteiger partial charge in [0.1, 0.15) is 5.75 Å². The molecule has 1 aromatic rings. The van der Waals surface area contributed by atoms with Gasteiger partial charge in [-0.1, -0.05) is 44.7 Å². The van der Waals surface area contributed by atoms with Crippen LogP contribution in [0.15, 0.2) is 18.2 Å². The number of carbonyl (C=O) groups is 1. The van der Waals surface area contributed by atoms with E-state index in [9.17, 15) is 4.79 Å². The Morgan fingerprint density at radius 2 is 1.89 bits per heavy atom. The Morgan fingerprint density at radius 1 is 1.17 bits per heavy atom. The Kier molecular flexibility index (Phi) is 6.48. The summed E-state index contributed by atoms with van der Waals surface area (Å²) in [6.45, 7) is 4.18. The smallest absolute Gasteiger partial charge is 0.163 e. The van der Waals surface area contributed by atoms with Crippen molar-refractivity contribution in [3.63, 3.8) is 0 Å². The number of Topliss-reactive ketones (excluding diaryl/α,β-unsaturated/α-hetero) is 1. The fraction of sp³-hybridized carbons (Fsp3) is 0.562. The summed E-state index contributed by atoms with van der Waals surface area (Å²) >= 11 is 0. The van der Waals surface area contributed by atoms with E-state index < -0.39 is 0 Å². The van der Waals surface area contributed by atoms with Crippen LogP contribution in [0.5, 0.6) is 5.75 Å². The number of methoxy groups -OCH3 is 1. The third-order valence-electron chi connectivity index (χ3n) is 3.24. The second-order valence-corrected chi connectivity index (χ2v) is 4.77. The monoisotopic (exact) mass is 248 g/mol. The summed E-state index contributed by atoms with van der Waals surface area (Å²) in [5.74, 6) is 1.02. The number of carbonyl (C=O) groups excluding carboxylic acids is 1. The molecule has 0 radical (unpaired) electrons. The lowest BCUT2D eigenvalue weighted by Crippen LogP contribution is -2.00. The summed E-state index contributed by atoms with van der Waals surface area (Å²) in [5, 5.41) is 0. The van der Waals surface area contributed by atoms with Gasteiger partial charge in [-0.25, -0.2) is 0 Å². The first-order valence-corrected chi connectivity index (χ1v) is 6.87. The van der Waals surface area contributed by atoms with E-state index in [0.717, 1.165) is 29.7 Å². The van der Waals surface area contributed by atoms with Gasteiger partial charge in [0, 0.05) is 12.0 Å². The SMILES string of the molecule is CCCCCCCC(=O)c1ccc(C)c(OC)c1. The Balaban J connectivity index is 2.46. The lowest BCUT2D eigenvalue weighted by atomic mass is 10.0. The molecule has 2 heteroatoms. The first-order chi connectivity index (χ1) is 8.69. The van der Waals surface area contributed by atoms with Crippen molar-refractivity contribution in [1.82, 2.24) is 0 Å². The summed E-state index contributed by atoms with van der Waals surface area (Å²) in [6, 6.07) is 5.69. The molecule has 0 heterocycles. The molecule has 0 atom stereocenters. The van der Waals surface area contributed by atoms with E-state index in [0.29, 0.717) is 6.42 Å². The van der Waals surface area contributed by atoms with E-state index in [-0.39, 0.29) is 5.78 Å². The van der Waals surface area contributed by atoms with Crippen LogP contribution in [0, 0.1) is 6.92 Å². The Morgan fingerprint density at radius 3 is 2.56 bits per heavy atom. The molecule has 0 unspecified atom stereocenters. The zero-order valence-corrected chi connectivity index (χ0v) is 11.8. The van der Waals surface area contributed by atoms with Crippen molar-refractivity contribution in [2.45, 2.75) is 52.4 Å². The van der Waals surface area contributed by atoms with E-state index in [4.69, 9.17) is 4.74 Å². The minimum atomic E-state index is 0.227. The molecule has 0 saturated heterocycles. The van der Waals surface area contributed by atoms with Crippen LogP contribution < -0.4 is 4.74 Å². The molecule has 0 aliphatic rings. The van der Waals surface area contributed by atoms with Gasteiger partial charge in [-0.2, -0.15) is 0 Å². The molecule has 100 valence electrons. The van der Waals surface area contributed by atoms with E-state index in [1.807, 2.05) is 25.1 Å². The Labute approximate surface area is 110 Å². The zero-order chi connectivity index (χ0) is 13.4. The molecule has 1 aromatic carbocycles. The predicted molar refractivity (Wildman–Crippen MR) is 75.4 cm³/mol. The maximum atomic E-state index is 12.0. The summed E-state index contributed by atoms with van der Waals surface area (Å²) in [6.07, 6.45) is 6.55. The van der Waals surface area contributed by atoms with Crippen LogP contribution in [0.2, 0.25) is 0 Å². The molecule has 0 spiro atoms. The van der Waals surface area contributed by atoms with Gasteiger partial charge < -0.3 is 4.74 Å². The van der Waals surface area contributed by atoms with Crippen molar-refractivity contribution in [1.29, 1.82) is 0 Å². The first kappa shape index (κ1) is 14.7. The molecule has 0 fully saturated rings. The molecular weight excluding hydrogens is 224 g/mol. The Bertz CT molecular complexity index is 383. The van der Waals surface area contributed by atoms with Crippen molar-refractivity contribution < 1.29 is 9.53 Å². The molecule has 0 amide bonds. The summed E-state index contributed by atoms with van der Waals surface area (Å²) in [4.78, 5) is 12.0. The van der Waals surface area contributed by atoms with Crippen LogP contribution in [0.1, 0.15) is 61.4 Å². The molecule has 18 heavy (non-hydrogen) atoms. The molecule has 0 N–H and O–H groups in total. The van der Waals surface area contributed by atoms with Crippen molar-refractivity contribution in [2.75, 3.05) is 7.11 Å². The van der Waals surface area contributed by atoms with Crippen LogP contribution in [0.25, 0.3) is 0 Å². The highest BCUT2D eigenvalue weighted by molar-refractivity contribution is 5.96. The summed E-state index contributed by atoms with van der Waals surface area (Å²) < 4.78 is 5.24. The number of unbranched alkanes of at least 4 members (excludes halogenated alkanes) is 4. The largest absolute Gasteiger partial charge is 0.496 e. The average molecular weight is 248 g/mol. The lowest BCUT2D eigenvalue weighted by molar-refractivity contribution is 0.0979. The van der Waals surface area contributed by atoms with Gasteiger partial charge in [-0.3, -0.25) is 4.79 Å². The molecule has 0 bridgehead atoms. The minimum Gasteiger partial charge on any atom is -0.496 e. The van der Waals surface area contributed by atoms with E-state index in [1.54, 1.807) is 7.11 Å². The first-order valence-electron chi connectivity index (χ1n) is 6.87. The highest BCUT2D eigenvalue weighted by Gasteiger charge is 2.08. The van der Waals surface area contributed by atoms with Crippen LogP contribution in [0.4, 0.5) is 0 Å². The standard InChI is InChI=1S/C16H24O2/c1-4-5-6-7-8-9-15(17)14-11-10-13(2)16(12-14)18-3/h10-12H,4-9H2,1-3H3. The molecule has 0 aliphatic heterocycles. The number of rotatable bonds is 8. The van der Waals surface area contributed by atoms with Crippen LogP contribution >= 0.6 is 0 Å². The van der Waals surface area contributed by atoms with Gasteiger partial charge in [0.15, 0.2) is 5.78 Å². The minimum absolute atomic E-state index is 0.227. The quantitative estimate of drug-likeness (QED) is 0.498. The van der Waals surface area contributed by atoms with Crippen LogP contribution in [0.3, 0.4) is 0 Å². The molecule has 0 aliphatic carbocycles. The molecule has 0 saturated carbocycles. The maximum absolute atomic E-state index is 12.0. The number of ketones is 1. The maximum Gasteiger partial charge on any atom is 0.163 e. The van der Waals surface area contributed by atoms with Gasteiger partial charge in [-0.05, 0) is 25.0 Å². The zero-order valence-electron chi connectivity index (χ0n) is 11.8. The fourth-order valence-electron chi connectivity index (χ4n) is 2.03. The van der Waals surface area contributed by atoms with E-state index >= 15 is 0 Å². The van der Waals surface area contributed by atoms with Crippen molar-refractivity contribution in [2.24, 2.45) is 0 Å². The topological polar surface area (TPSA) is 26.3 Å². The number of ether oxygens (including phenoxy) is 1. The summed E-state index contributed by atoms with van der Waals surface area (Å²) in [5.41, 5.74) is 1.84. The number of benzene rings is 1. The normalized spacial score (nSPS) is 10.4. The van der Waals surface area contributed by atoms with Crippen LogP contribution in [-0.2, 0) is 0 Å². The number of hydrogen-bond acceptors (Lipinski definition) is 2. The lowest BCUT2D eigenvalue weighted by Gasteiger charge is -2.07. The molecule has 0 aromatic heterocycles. The van der Waals surface area contributed by atoms with E-state index in [1.165, 1.54) is 19.3 Å². The van der Waals surface area contributed by atoms with Gasteiger partial charge >= 0.3 is 0 Å². The fourth-order valence-corrected chi connectivity index (χ4v) is 2.03. The molecule has 1 rings (SSSR count). The van der Waals surface area contributed by atoms with Gasteiger partial charge in [0.05, 0.1) is 7.11 Å². The third kappa shape index (κ3) is 4.52. The third-order valence-corrected chi connectivity index (χ3v) is 3.24. The van der Waals surface area contributed by atoms with Crippen molar-refractivity contribution >= 4 is 5.78 Å². The highest BCUT2D eigenvalue weighted by Crippen LogP contribution is 2.20. The highest BCUT2D eigenvalue weighted by atomic mass is 16.5. The molecule has 2 nitrogen and oxygen atoms in total. The van der Waals surface area contributed by atoms with Crippen LogP contribution in [-0.4, -0.2) is 12.9 Å². The Hall–Kier alpha value is -1.31. The number of hydrogen-bond donors (Lipinski definition) is 0. The number of aryl methyl sites for hydroxylation is 1. The van der Waals surface area contributed by atoms with Gasteiger partial charge in [0.25, 0.3) is 0 Å². The summed E-state index contributed by atoms with van der Waals surface area (Å²) in [7, 11) is 1.64. The van der Waals surface area contributed by atoms with E-state index in [2.05, 4.69) is 6.92 Å². The second-order valence-electron chi connectivity index (χ2n) is 4.77.